The molecule has 0 bridgehead atoms. The molecule has 2 amide bonds. The van der Waals surface area contributed by atoms with Gasteiger partial charge in [0.15, 0.2) is 5.82 Å². The number of carbonyl (C=O) groups excluding carboxylic acids is 1. The highest BCUT2D eigenvalue weighted by molar-refractivity contribution is 6.35. The maximum Gasteiger partial charge on any atom is 0.321 e. The number of amides is 2. The standard InChI is InChI=1S/C31H41ClN8O4/c1-8-39(9-2)14-15-44-22-12-10-21(11-13-22)34-28-33-18-20-19-40(24-16-23(42-6)17-25(43-7)26(24)32)29(36-27(20)35-28)37-30(41)38-31(3,4)5/h10-13,16-18H,8-9,14-15,19H2,1-7H3,(H3,33,34,35,36,37,38,41). The van der Waals surface area contributed by atoms with E-state index in [1.54, 1.807) is 30.3 Å². The summed E-state index contributed by atoms with van der Waals surface area (Å²) in [6, 6.07) is 10.6. The number of anilines is 3. The zero-order valence-electron chi connectivity index (χ0n) is 26.3. The van der Waals surface area contributed by atoms with Crippen molar-refractivity contribution in [2.24, 2.45) is 4.99 Å². The van der Waals surface area contributed by atoms with Gasteiger partial charge in [-0.15, -0.1) is 0 Å². The van der Waals surface area contributed by atoms with Crippen molar-refractivity contribution in [2.45, 2.75) is 46.7 Å². The van der Waals surface area contributed by atoms with Gasteiger partial charge >= 0.3 is 6.03 Å². The number of hydrogen-bond acceptors (Lipinski definition) is 10. The van der Waals surface area contributed by atoms with E-state index in [-0.39, 0.29) is 12.5 Å². The molecule has 0 unspecified atom stereocenters. The van der Waals surface area contributed by atoms with Crippen molar-refractivity contribution in [2.75, 3.05) is 50.7 Å². The molecule has 2 heterocycles. The van der Waals surface area contributed by atoms with Gasteiger partial charge in [-0.25, -0.2) is 9.78 Å². The Morgan fingerprint density at radius 3 is 2.43 bits per heavy atom. The fourth-order valence-electron chi connectivity index (χ4n) is 4.46. The van der Waals surface area contributed by atoms with Crippen LogP contribution in [0.15, 0.2) is 47.6 Å². The second-order valence-electron chi connectivity index (χ2n) is 11.1. The van der Waals surface area contributed by atoms with Crippen molar-refractivity contribution in [1.29, 1.82) is 0 Å². The van der Waals surface area contributed by atoms with Crippen LogP contribution >= 0.6 is 11.6 Å². The average Bonchev–Trinajstić information content (AvgIpc) is 2.99. The van der Waals surface area contributed by atoms with Gasteiger partial charge in [-0.05, 0) is 58.1 Å². The number of hydrogen-bond donors (Lipinski definition) is 3. The predicted octanol–water partition coefficient (Wildman–Crippen LogP) is 5.72. The molecule has 3 aromatic rings. The van der Waals surface area contributed by atoms with Gasteiger partial charge in [-0.1, -0.05) is 25.4 Å². The Hall–Kier alpha value is -4.29. The third-order valence-electron chi connectivity index (χ3n) is 6.77. The third-order valence-corrected chi connectivity index (χ3v) is 7.15. The molecule has 0 radical (unpaired) electrons. The summed E-state index contributed by atoms with van der Waals surface area (Å²) >= 11 is 6.73. The minimum Gasteiger partial charge on any atom is -0.497 e. The number of nitrogens with one attached hydrogen (secondary N) is 3. The van der Waals surface area contributed by atoms with Crippen molar-refractivity contribution in [3.63, 3.8) is 0 Å². The SMILES string of the molecule is CCN(CC)CCOc1ccc(Nc2ncc3c(n2)N=C(NC(=O)NC(C)(C)C)N(c2cc(OC)cc(OC)c2Cl)C3)cc1. The van der Waals surface area contributed by atoms with Crippen LogP contribution in [0.2, 0.25) is 5.02 Å². The van der Waals surface area contributed by atoms with Gasteiger partial charge < -0.3 is 34.6 Å². The lowest BCUT2D eigenvalue weighted by atomic mass is 10.1. The van der Waals surface area contributed by atoms with Crippen LogP contribution in [0, 0.1) is 0 Å². The highest BCUT2D eigenvalue weighted by atomic mass is 35.5. The molecule has 1 aromatic heterocycles. The summed E-state index contributed by atoms with van der Waals surface area (Å²) in [4.78, 5) is 30.9. The number of nitrogens with zero attached hydrogens (tertiary/aromatic N) is 5. The molecular weight excluding hydrogens is 584 g/mol. The molecule has 2 aromatic carbocycles. The molecule has 236 valence electrons. The third kappa shape index (κ3) is 8.42. The molecule has 4 rings (SSSR count). The topological polar surface area (TPSA) is 125 Å². The molecule has 0 atom stereocenters. The maximum absolute atomic E-state index is 12.9. The Morgan fingerprint density at radius 2 is 1.80 bits per heavy atom. The van der Waals surface area contributed by atoms with Gasteiger partial charge in [-0.2, -0.15) is 9.98 Å². The molecule has 0 saturated carbocycles. The predicted molar refractivity (Wildman–Crippen MR) is 174 cm³/mol. The summed E-state index contributed by atoms with van der Waals surface area (Å²) in [5.41, 5.74) is 1.59. The van der Waals surface area contributed by atoms with Crippen LogP contribution < -0.4 is 35.1 Å². The highest BCUT2D eigenvalue weighted by Gasteiger charge is 2.28. The molecule has 44 heavy (non-hydrogen) atoms. The minimum absolute atomic E-state index is 0.229. The molecule has 13 heteroatoms. The Kier molecular flexibility index (Phi) is 10.7. The fourth-order valence-corrected chi connectivity index (χ4v) is 4.75. The van der Waals surface area contributed by atoms with E-state index in [4.69, 9.17) is 30.8 Å². The number of fused-ring (bicyclic) bond motifs is 1. The number of carbonyl (C=O) groups is 1. The van der Waals surface area contributed by atoms with Crippen LogP contribution in [0.3, 0.4) is 0 Å². The average molecular weight is 625 g/mol. The zero-order chi connectivity index (χ0) is 31.9. The summed E-state index contributed by atoms with van der Waals surface area (Å²) in [6.07, 6.45) is 1.70. The largest absolute Gasteiger partial charge is 0.497 e. The quantitative estimate of drug-likeness (QED) is 0.246. The van der Waals surface area contributed by atoms with Crippen molar-refractivity contribution in [3.8, 4) is 17.2 Å². The minimum atomic E-state index is -0.468. The molecule has 1 aliphatic heterocycles. The molecule has 0 spiro atoms. The number of rotatable bonds is 11. The lowest BCUT2D eigenvalue weighted by Crippen LogP contribution is -2.53. The summed E-state index contributed by atoms with van der Waals surface area (Å²) in [5.74, 6) is 2.73. The first-order valence-corrected chi connectivity index (χ1v) is 14.9. The number of likely N-dealkylation sites (N-methyl/N-ethyl adjacent to an activating group) is 1. The number of benzene rings is 2. The van der Waals surface area contributed by atoms with E-state index in [0.717, 1.165) is 36.6 Å². The smallest absolute Gasteiger partial charge is 0.321 e. The summed E-state index contributed by atoms with van der Waals surface area (Å²) in [5, 5.41) is 9.31. The van der Waals surface area contributed by atoms with Crippen LogP contribution in [-0.4, -0.2) is 72.9 Å². The lowest BCUT2D eigenvalue weighted by molar-refractivity contribution is 0.223. The first-order valence-electron chi connectivity index (χ1n) is 14.5. The molecule has 0 saturated heterocycles. The van der Waals surface area contributed by atoms with Crippen molar-refractivity contribution in [3.05, 3.63) is 53.2 Å². The molecule has 0 fully saturated rings. The maximum atomic E-state index is 12.9. The molecule has 3 N–H and O–H groups in total. The first-order chi connectivity index (χ1) is 21.0. The van der Waals surface area contributed by atoms with E-state index < -0.39 is 11.6 Å². The number of urea groups is 1. The van der Waals surface area contributed by atoms with Crippen LogP contribution in [0.5, 0.6) is 17.2 Å². The van der Waals surface area contributed by atoms with Crippen molar-refractivity contribution >= 4 is 46.7 Å². The van der Waals surface area contributed by atoms with Gasteiger partial charge in [0.05, 0.1) is 26.5 Å². The number of guanidine groups is 1. The Morgan fingerprint density at radius 1 is 1.07 bits per heavy atom. The van der Waals surface area contributed by atoms with Gasteiger partial charge in [0.25, 0.3) is 0 Å². The zero-order valence-corrected chi connectivity index (χ0v) is 27.1. The van der Waals surface area contributed by atoms with Gasteiger partial charge in [-0.3, -0.25) is 5.32 Å². The summed E-state index contributed by atoms with van der Waals surface area (Å²) in [6.45, 7) is 13.7. The number of aromatic nitrogens is 2. The number of ether oxygens (including phenoxy) is 3. The van der Waals surface area contributed by atoms with E-state index in [1.807, 2.05) is 45.0 Å². The molecular formula is C31H41ClN8O4. The summed E-state index contributed by atoms with van der Waals surface area (Å²) in [7, 11) is 3.08. The Bertz CT molecular complexity index is 1470. The second kappa shape index (κ2) is 14.5. The first kappa shape index (κ1) is 32.6. The Balaban J connectivity index is 1.58. The van der Waals surface area contributed by atoms with Gasteiger partial charge in [0.1, 0.15) is 28.9 Å². The number of aliphatic imine (C=N–C) groups is 1. The van der Waals surface area contributed by atoms with Crippen molar-refractivity contribution in [1.82, 2.24) is 25.5 Å². The van der Waals surface area contributed by atoms with Crippen LogP contribution in [0.25, 0.3) is 0 Å². The van der Waals surface area contributed by atoms with E-state index >= 15 is 0 Å². The van der Waals surface area contributed by atoms with Gasteiger partial charge in [0, 0.05) is 41.7 Å². The van der Waals surface area contributed by atoms with Crippen LogP contribution in [0.1, 0.15) is 40.2 Å². The molecule has 1 aliphatic rings. The number of halogens is 1. The lowest BCUT2D eigenvalue weighted by Gasteiger charge is -2.32. The highest BCUT2D eigenvalue weighted by Crippen LogP contribution is 2.41. The Labute approximate surface area is 263 Å². The van der Waals surface area contributed by atoms with Crippen LogP contribution in [-0.2, 0) is 6.54 Å². The van der Waals surface area contributed by atoms with E-state index in [2.05, 4.69) is 44.7 Å². The van der Waals surface area contributed by atoms with Gasteiger partial charge in [0.2, 0.25) is 11.9 Å². The number of methoxy groups -OCH3 is 2. The molecule has 12 nitrogen and oxygen atoms in total. The van der Waals surface area contributed by atoms with E-state index in [1.165, 1.54) is 7.11 Å². The normalized spacial score (nSPS) is 12.8. The second-order valence-corrected chi connectivity index (χ2v) is 11.5. The van der Waals surface area contributed by atoms with E-state index in [9.17, 15) is 4.79 Å². The van der Waals surface area contributed by atoms with Crippen LogP contribution in [0.4, 0.5) is 27.9 Å². The van der Waals surface area contributed by atoms with Crippen molar-refractivity contribution < 1.29 is 19.0 Å². The van der Waals surface area contributed by atoms with E-state index in [0.29, 0.717) is 40.6 Å². The summed E-state index contributed by atoms with van der Waals surface area (Å²) < 4.78 is 16.8. The molecule has 0 aliphatic carbocycles. The fraction of sp³-hybridized carbons (Fsp3) is 0.419. The monoisotopic (exact) mass is 624 g/mol.